The number of nitrogens with zero attached hydrogens (tertiary/aromatic N) is 1. The first-order valence-electron chi connectivity index (χ1n) is 6.21. The van der Waals surface area contributed by atoms with E-state index in [1.54, 1.807) is 12.7 Å². The zero-order valence-electron chi connectivity index (χ0n) is 10.7. The van der Waals surface area contributed by atoms with Crippen LogP contribution in [0, 0.1) is 0 Å². The number of thioether (sulfide) groups is 1. The van der Waals surface area contributed by atoms with Gasteiger partial charge in [0.25, 0.3) is 0 Å². The van der Waals surface area contributed by atoms with Crippen LogP contribution in [0.1, 0.15) is 17.5 Å². The number of methoxy groups -OCH3 is 1. The van der Waals surface area contributed by atoms with Gasteiger partial charge < -0.3 is 4.74 Å². The molecule has 0 N–H and O–H groups in total. The van der Waals surface area contributed by atoms with Gasteiger partial charge in [0.15, 0.2) is 0 Å². The predicted molar refractivity (Wildman–Crippen MR) is 73.7 cm³/mol. The fourth-order valence-electron chi connectivity index (χ4n) is 2.17. The van der Waals surface area contributed by atoms with Crippen molar-refractivity contribution in [3.05, 3.63) is 29.3 Å². The minimum atomic E-state index is 0.709. The van der Waals surface area contributed by atoms with Gasteiger partial charge in [-0.3, -0.25) is 4.90 Å². The first-order chi connectivity index (χ1) is 8.29. The van der Waals surface area contributed by atoms with Gasteiger partial charge in [0.2, 0.25) is 0 Å². The Hall–Kier alpha value is -0.510. The van der Waals surface area contributed by atoms with Crippen molar-refractivity contribution >= 4 is 11.8 Å². The smallest absolute Gasteiger partial charge is 0.0984 e. The maximum atomic E-state index is 5.11. The van der Waals surface area contributed by atoms with E-state index in [1.165, 1.54) is 29.1 Å². The minimum absolute atomic E-state index is 0.709. The molecule has 0 spiro atoms. The van der Waals surface area contributed by atoms with E-state index in [0.29, 0.717) is 6.73 Å². The fraction of sp³-hybridized carbons (Fsp3) is 0.571. The molecule has 0 aromatic heterocycles. The lowest BCUT2D eigenvalue weighted by Gasteiger charge is -2.18. The third-order valence-corrected chi connectivity index (χ3v) is 4.31. The summed E-state index contributed by atoms with van der Waals surface area (Å²) in [7, 11) is 3.84. The number of hydrogen-bond donors (Lipinski definition) is 0. The first-order valence-corrected chi connectivity index (χ1v) is 7.20. The fourth-order valence-corrected chi connectivity index (χ4v) is 3.19. The van der Waals surface area contributed by atoms with Crippen LogP contribution in [0.3, 0.4) is 0 Å². The minimum Gasteiger partial charge on any atom is -0.369 e. The summed E-state index contributed by atoms with van der Waals surface area (Å²) in [6.45, 7) is 1.76. The molecule has 0 unspecified atom stereocenters. The quantitative estimate of drug-likeness (QED) is 0.747. The van der Waals surface area contributed by atoms with Crippen molar-refractivity contribution in [1.29, 1.82) is 0 Å². The summed E-state index contributed by atoms with van der Waals surface area (Å²) >= 11 is 2.00. The largest absolute Gasteiger partial charge is 0.369 e. The van der Waals surface area contributed by atoms with Crippen LogP contribution in [0.4, 0.5) is 0 Å². The van der Waals surface area contributed by atoms with Crippen LogP contribution in [0.5, 0.6) is 0 Å². The van der Waals surface area contributed by atoms with Crippen LogP contribution in [-0.2, 0) is 17.6 Å². The monoisotopic (exact) mass is 251 g/mol. The Balaban J connectivity index is 1.93. The van der Waals surface area contributed by atoms with E-state index >= 15 is 0 Å². The van der Waals surface area contributed by atoms with Gasteiger partial charge in [0.05, 0.1) is 6.73 Å². The molecule has 3 heteroatoms. The maximum absolute atomic E-state index is 5.11. The lowest BCUT2D eigenvalue weighted by Crippen LogP contribution is -2.23. The van der Waals surface area contributed by atoms with E-state index in [1.807, 2.05) is 11.8 Å². The van der Waals surface area contributed by atoms with Gasteiger partial charge in [-0.25, -0.2) is 0 Å². The molecule has 2 nitrogen and oxygen atoms in total. The number of hydrogen-bond acceptors (Lipinski definition) is 3. The molecule has 0 atom stereocenters. The van der Waals surface area contributed by atoms with Crippen LogP contribution in [-0.4, -0.2) is 38.1 Å². The normalized spacial score (nSPS) is 15.0. The highest BCUT2D eigenvalue weighted by Crippen LogP contribution is 2.30. The van der Waals surface area contributed by atoms with Crippen molar-refractivity contribution in [3.8, 4) is 0 Å². The molecule has 0 fully saturated rings. The van der Waals surface area contributed by atoms with Gasteiger partial charge in [-0.2, -0.15) is 0 Å². The highest BCUT2D eigenvalue weighted by atomic mass is 32.2. The zero-order valence-corrected chi connectivity index (χ0v) is 11.6. The van der Waals surface area contributed by atoms with Gasteiger partial charge in [-0.1, -0.05) is 12.1 Å². The first kappa shape index (κ1) is 12.9. The molecule has 0 saturated heterocycles. The molecule has 0 bridgehead atoms. The summed E-state index contributed by atoms with van der Waals surface area (Å²) in [5, 5.41) is 0. The second-order valence-electron chi connectivity index (χ2n) is 4.64. The lowest BCUT2D eigenvalue weighted by molar-refractivity contribution is 0.0827. The summed E-state index contributed by atoms with van der Waals surface area (Å²) in [6, 6.07) is 6.96. The number of rotatable bonds is 5. The molecule has 94 valence electrons. The second kappa shape index (κ2) is 6.43. The highest BCUT2D eigenvalue weighted by molar-refractivity contribution is 7.99. The number of fused-ring (bicyclic) bond motifs is 1. The Morgan fingerprint density at radius 2 is 2.29 bits per heavy atom. The summed E-state index contributed by atoms with van der Waals surface area (Å²) in [6.07, 6.45) is 3.69. The molecular weight excluding hydrogens is 230 g/mol. The molecule has 2 rings (SSSR count). The van der Waals surface area contributed by atoms with Crippen molar-refractivity contribution in [3.63, 3.8) is 0 Å². The number of ether oxygens (including phenoxy) is 1. The Labute approximate surface area is 108 Å². The van der Waals surface area contributed by atoms with Crippen molar-refractivity contribution < 1.29 is 4.74 Å². The summed E-state index contributed by atoms with van der Waals surface area (Å²) in [4.78, 5) is 3.69. The van der Waals surface area contributed by atoms with Crippen LogP contribution in [0.25, 0.3) is 0 Å². The Kier molecular flexibility index (Phi) is 4.89. The Bertz CT molecular complexity index is 367. The third-order valence-electron chi connectivity index (χ3n) is 3.10. The molecule has 17 heavy (non-hydrogen) atoms. The predicted octanol–water partition coefficient (Wildman–Crippen LogP) is 2.80. The van der Waals surface area contributed by atoms with Crippen LogP contribution < -0.4 is 0 Å². The van der Waals surface area contributed by atoms with Gasteiger partial charge in [-0.15, -0.1) is 11.8 Å². The number of aryl methyl sites for hydroxylation is 1. The standard InChI is InChI=1S/C14H21NOS/c1-15(11-16-2)8-7-12-5-6-14-13(10-12)4-3-9-17-14/h5-6,10H,3-4,7-9,11H2,1-2H3. The van der Waals surface area contributed by atoms with Gasteiger partial charge >= 0.3 is 0 Å². The SMILES string of the molecule is COCN(C)CCc1ccc2c(c1)CCCS2. The summed E-state index contributed by atoms with van der Waals surface area (Å²) in [5.74, 6) is 1.28. The van der Waals surface area contributed by atoms with Crippen LogP contribution in [0.15, 0.2) is 23.1 Å². The van der Waals surface area contributed by atoms with Crippen LogP contribution >= 0.6 is 11.8 Å². The van der Waals surface area contributed by atoms with Crippen molar-refractivity contribution in [2.75, 3.05) is 33.2 Å². The zero-order chi connectivity index (χ0) is 12.1. The van der Waals surface area contributed by atoms with E-state index in [4.69, 9.17) is 4.74 Å². The molecule has 0 amide bonds. The topological polar surface area (TPSA) is 12.5 Å². The molecule has 1 aromatic rings. The average Bonchev–Trinajstić information content (AvgIpc) is 2.36. The molecular formula is C14H21NOS. The molecule has 1 aromatic carbocycles. The van der Waals surface area contributed by atoms with Gasteiger partial charge in [0.1, 0.15) is 0 Å². The van der Waals surface area contributed by atoms with E-state index in [-0.39, 0.29) is 0 Å². The van der Waals surface area contributed by atoms with Crippen molar-refractivity contribution in [2.45, 2.75) is 24.2 Å². The summed E-state index contributed by atoms with van der Waals surface area (Å²) < 4.78 is 5.11. The second-order valence-corrected chi connectivity index (χ2v) is 5.78. The van der Waals surface area contributed by atoms with Crippen molar-refractivity contribution in [2.24, 2.45) is 0 Å². The molecule has 1 aliphatic heterocycles. The van der Waals surface area contributed by atoms with Crippen LogP contribution in [0.2, 0.25) is 0 Å². The molecule has 1 aliphatic rings. The molecule has 0 saturated carbocycles. The van der Waals surface area contributed by atoms with Crippen molar-refractivity contribution in [1.82, 2.24) is 4.90 Å². The Morgan fingerprint density at radius 3 is 3.12 bits per heavy atom. The molecule has 1 heterocycles. The maximum Gasteiger partial charge on any atom is 0.0984 e. The highest BCUT2D eigenvalue weighted by Gasteiger charge is 2.10. The van der Waals surface area contributed by atoms with E-state index < -0.39 is 0 Å². The van der Waals surface area contributed by atoms with Gasteiger partial charge in [-0.05, 0) is 49.3 Å². The third kappa shape index (κ3) is 3.73. The van der Waals surface area contributed by atoms with Gasteiger partial charge in [0, 0.05) is 18.6 Å². The molecule has 0 aliphatic carbocycles. The van der Waals surface area contributed by atoms with E-state index in [9.17, 15) is 0 Å². The van der Waals surface area contributed by atoms with E-state index in [2.05, 4.69) is 30.1 Å². The summed E-state index contributed by atoms with van der Waals surface area (Å²) in [5.41, 5.74) is 3.00. The Morgan fingerprint density at radius 1 is 1.41 bits per heavy atom. The number of likely N-dealkylation sites (N-methyl/N-ethyl adjacent to an activating group) is 1. The lowest BCUT2D eigenvalue weighted by atomic mass is 10.0. The number of benzene rings is 1. The van der Waals surface area contributed by atoms with E-state index in [0.717, 1.165) is 13.0 Å². The average molecular weight is 251 g/mol. The molecule has 0 radical (unpaired) electrons.